The number of unbranched alkanes of at least 4 members (excludes halogenated alkanes) is 1. The molecule has 0 aliphatic heterocycles. The molecule has 4 heteroatoms. The van der Waals surface area contributed by atoms with Crippen LogP contribution >= 0.6 is 0 Å². The number of Topliss-reactive ketones (excluding diaryl/α,β-unsaturated/α-hetero) is 1. The Labute approximate surface area is 90.9 Å². The summed E-state index contributed by atoms with van der Waals surface area (Å²) in [6.07, 6.45) is 2.17. The maximum atomic E-state index is 11.2. The average molecular weight is 216 g/mol. The van der Waals surface area contributed by atoms with Gasteiger partial charge in [-0.15, -0.1) is 0 Å². The van der Waals surface area contributed by atoms with E-state index in [9.17, 15) is 9.59 Å². The summed E-state index contributed by atoms with van der Waals surface area (Å²) in [4.78, 5) is 22.3. The SMILES string of the molecule is CCCCC(=O)CC(=O)OCCOCC. The van der Waals surface area contributed by atoms with E-state index in [1.807, 2.05) is 13.8 Å². The molecule has 0 unspecified atom stereocenters. The van der Waals surface area contributed by atoms with E-state index in [2.05, 4.69) is 0 Å². The van der Waals surface area contributed by atoms with Gasteiger partial charge in [-0.25, -0.2) is 0 Å². The van der Waals surface area contributed by atoms with Gasteiger partial charge >= 0.3 is 5.97 Å². The van der Waals surface area contributed by atoms with Crippen molar-refractivity contribution in [3.8, 4) is 0 Å². The number of esters is 1. The molecule has 0 amide bonds. The first-order chi connectivity index (χ1) is 7.20. The summed E-state index contributed by atoms with van der Waals surface area (Å²) in [7, 11) is 0. The second kappa shape index (κ2) is 9.65. The molecule has 0 aromatic heterocycles. The molecular formula is C11H20O4. The van der Waals surface area contributed by atoms with Crippen molar-refractivity contribution in [2.45, 2.75) is 39.5 Å². The van der Waals surface area contributed by atoms with Gasteiger partial charge in [0.15, 0.2) is 0 Å². The van der Waals surface area contributed by atoms with Crippen molar-refractivity contribution in [1.82, 2.24) is 0 Å². The highest BCUT2D eigenvalue weighted by molar-refractivity contribution is 5.95. The zero-order chi connectivity index (χ0) is 11.5. The highest BCUT2D eigenvalue weighted by Gasteiger charge is 2.09. The normalized spacial score (nSPS) is 10.0. The van der Waals surface area contributed by atoms with Crippen LogP contribution in [0.15, 0.2) is 0 Å². The van der Waals surface area contributed by atoms with Crippen LogP contribution in [-0.4, -0.2) is 31.6 Å². The molecule has 0 saturated heterocycles. The standard InChI is InChI=1S/C11H20O4/c1-3-5-6-10(12)9-11(13)15-8-7-14-4-2/h3-9H2,1-2H3. The van der Waals surface area contributed by atoms with Crippen LogP contribution in [0, 0.1) is 0 Å². The van der Waals surface area contributed by atoms with E-state index < -0.39 is 5.97 Å². The summed E-state index contributed by atoms with van der Waals surface area (Å²) in [5, 5.41) is 0. The molecular weight excluding hydrogens is 196 g/mol. The van der Waals surface area contributed by atoms with E-state index in [1.165, 1.54) is 0 Å². The fraction of sp³-hybridized carbons (Fsp3) is 0.818. The van der Waals surface area contributed by atoms with Crippen molar-refractivity contribution < 1.29 is 19.1 Å². The van der Waals surface area contributed by atoms with Crippen molar-refractivity contribution in [2.75, 3.05) is 19.8 Å². The highest BCUT2D eigenvalue weighted by Crippen LogP contribution is 1.99. The number of hydrogen-bond donors (Lipinski definition) is 0. The van der Waals surface area contributed by atoms with E-state index in [1.54, 1.807) is 0 Å². The quantitative estimate of drug-likeness (QED) is 0.334. The summed E-state index contributed by atoms with van der Waals surface area (Å²) in [6.45, 7) is 5.11. The molecule has 15 heavy (non-hydrogen) atoms. The largest absolute Gasteiger partial charge is 0.463 e. The van der Waals surface area contributed by atoms with Crippen LogP contribution in [0.5, 0.6) is 0 Å². The molecule has 0 spiro atoms. The van der Waals surface area contributed by atoms with E-state index in [4.69, 9.17) is 9.47 Å². The van der Waals surface area contributed by atoms with Gasteiger partial charge < -0.3 is 9.47 Å². The molecule has 0 radical (unpaired) electrons. The summed E-state index contributed by atoms with van der Waals surface area (Å²) in [5.41, 5.74) is 0. The topological polar surface area (TPSA) is 52.6 Å². The first kappa shape index (κ1) is 14.1. The molecule has 0 heterocycles. The summed E-state index contributed by atoms with van der Waals surface area (Å²) in [6, 6.07) is 0. The van der Waals surface area contributed by atoms with Gasteiger partial charge in [0.25, 0.3) is 0 Å². The van der Waals surface area contributed by atoms with Crippen molar-refractivity contribution in [3.63, 3.8) is 0 Å². The van der Waals surface area contributed by atoms with Crippen LogP contribution in [-0.2, 0) is 19.1 Å². The van der Waals surface area contributed by atoms with Gasteiger partial charge in [-0.1, -0.05) is 13.3 Å². The first-order valence-electron chi connectivity index (χ1n) is 5.45. The predicted molar refractivity (Wildman–Crippen MR) is 56.6 cm³/mol. The zero-order valence-corrected chi connectivity index (χ0v) is 9.58. The number of ketones is 1. The van der Waals surface area contributed by atoms with Crippen LogP contribution in [0.2, 0.25) is 0 Å². The molecule has 0 aromatic carbocycles. The molecule has 0 atom stereocenters. The lowest BCUT2D eigenvalue weighted by Gasteiger charge is -2.04. The highest BCUT2D eigenvalue weighted by atomic mass is 16.6. The third-order valence-corrected chi connectivity index (χ3v) is 1.85. The van der Waals surface area contributed by atoms with E-state index in [0.717, 1.165) is 12.8 Å². The van der Waals surface area contributed by atoms with E-state index >= 15 is 0 Å². The van der Waals surface area contributed by atoms with Crippen LogP contribution in [0.25, 0.3) is 0 Å². The fourth-order valence-corrected chi connectivity index (χ4v) is 1.03. The Balaban J connectivity index is 3.43. The Morgan fingerprint density at radius 2 is 1.87 bits per heavy atom. The molecule has 0 rings (SSSR count). The number of ether oxygens (including phenoxy) is 2. The minimum Gasteiger partial charge on any atom is -0.463 e. The average Bonchev–Trinajstić information content (AvgIpc) is 2.21. The lowest BCUT2D eigenvalue weighted by atomic mass is 10.1. The summed E-state index contributed by atoms with van der Waals surface area (Å²) in [5.74, 6) is -0.492. The van der Waals surface area contributed by atoms with Gasteiger partial charge in [-0.3, -0.25) is 9.59 Å². The Morgan fingerprint density at radius 3 is 2.47 bits per heavy atom. The Kier molecular flexibility index (Phi) is 9.07. The van der Waals surface area contributed by atoms with Crippen molar-refractivity contribution in [3.05, 3.63) is 0 Å². The molecule has 0 aromatic rings. The van der Waals surface area contributed by atoms with Gasteiger partial charge in [0.1, 0.15) is 18.8 Å². The predicted octanol–water partition coefficient (Wildman–Crippen LogP) is 1.72. The second-order valence-corrected chi connectivity index (χ2v) is 3.24. The number of carbonyl (C=O) groups is 2. The van der Waals surface area contributed by atoms with Crippen LogP contribution in [0.4, 0.5) is 0 Å². The molecule has 0 fully saturated rings. The first-order valence-corrected chi connectivity index (χ1v) is 5.45. The van der Waals surface area contributed by atoms with Crippen LogP contribution < -0.4 is 0 Å². The van der Waals surface area contributed by atoms with Gasteiger partial charge in [0.2, 0.25) is 0 Å². The van der Waals surface area contributed by atoms with Crippen LogP contribution in [0.1, 0.15) is 39.5 Å². The Morgan fingerprint density at radius 1 is 1.13 bits per heavy atom. The fourth-order valence-electron chi connectivity index (χ4n) is 1.03. The maximum absolute atomic E-state index is 11.2. The summed E-state index contributed by atoms with van der Waals surface area (Å²) < 4.78 is 9.80. The number of carbonyl (C=O) groups excluding carboxylic acids is 2. The molecule has 88 valence electrons. The zero-order valence-electron chi connectivity index (χ0n) is 9.58. The lowest BCUT2D eigenvalue weighted by Crippen LogP contribution is -2.14. The molecule has 0 N–H and O–H groups in total. The number of hydrogen-bond acceptors (Lipinski definition) is 4. The van der Waals surface area contributed by atoms with E-state index in [0.29, 0.717) is 19.6 Å². The minimum absolute atomic E-state index is 0.0433. The molecule has 0 aliphatic rings. The third-order valence-electron chi connectivity index (χ3n) is 1.85. The lowest BCUT2D eigenvalue weighted by molar-refractivity contribution is -0.147. The third kappa shape index (κ3) is 9.41. The monoisotopic (exact) mass is 216 g/mol. The smallest absolute Gasteiger partial charge is 0.313 e. The van der Waals surface area contributed by atoms with Crippen molar-refractivity contribution in [2.24, 2.45) is 0 Å². The maximum Gasteiger partial charge on any atom is 0.313 e. The Hall–Kier alpha value is -0.900. The molecule has 4 nitrogen and oxygen atoms in total. The minimum atomic E-state index is -0.448. The van der Waals surface area contributed by atoms with Gasteiger partial charge in [0.05, 0.1) is 6.61 Å². The van der Waals surface area contributed by atoms with Crippen molar-refractivity contribution >= 4 is 11.8 Å². The van der Waals surface area contributed by atoms with Crippen molar-refractivity contribution in [1.29, 1.82) is 0 Å². The van der Waals surface area contributed by atoms with Gasteiger partial charge in [-0.2, -0.15) is 0 Å². The molecule has 0 saturated carbocycles. The molecule has 0 aliphatic carbocycles. The second-order valence-electron chi connectivity index (χ2n) is 3.24. The Bertz CT molecular complexity index is 189. The molecule has 0 bridgehead atoms. The van der Waals surface area contributed by atoms with E-state index in [-0.39, 0.29) is 18.8 Å². The summed E-state index contributed by atoms with van der Waals surface area (Å²) >= 11 is 0. The van der Waals surface area contributed by atoms with Gasteiger partial charge in [0, 0.05) is 13.0 Å². The number of rotatable bonds is 9. The van der Waals surface area contributed by atoms with Gasteiger partial charge in [-0.05, 0) is 13.3 Å². The van der Waals surface area contributed by atoms with Crippen LogP contribution in [0.3, 0.4) is 0 Å².